The van der Waals surface area contributed by atoms with Gasteiger partial charge in [-0.25, -0.2) is 0 Å². The number of unbranched alkanes of at least 4 members (excludes halogenated alkanes) is 3. The van der Waals surface area contributed by atoms with Gasteiger partial charge >= 0.3 is 0 Å². The minimum atomic E-state index is -0.0884. The zero-order valence-electron chi connectivity index (χ0n) is 18.2. The molecule has 0 fully saturated rings. The van der Waals surface area contributed by atoms with Crippen LogP contribution in [0.15, 0.2) is 38.7 Å². The van der Waals surface area contributed by atoms with Crippen molar-refractivity contribution in [3.63, 3.8) is 0 Å². The summed E-state index contributed by atoms with van der Waals surface area (Å²) in [6.07, 6.45) is 6.03. The number of hydrogen-bond acceptors (Lipinski definition) is 7. The van der Waals surface area contributed by atoms with Crippen LogP contribution in [0.2, 0.25) is 0 Å². The fourth-order valence-corrected chi connectivity index (χ4v) is 4.50. The second kappa shape index (κ2) is 9.64. The van der Waals surface area contributed by atoms with Gasteiger partial charge in [-0.3, -0.25) is 13.8 Å². The molecule has 0 amide bonds. The molecule has 0 aliphatic carbocycles. The van der Waals surface area contributed by atoms with Crippen molar-refractivity contribution in [1.82, 2.24) is 29.3 Å². The fourth-order valence-electron chi connectivity index (χ4n) is 3.61. The monoisotopic (exact) mass is 440 g/mol. The summed E-state index contributed by atoms with van der Waals surface area (Å²) in [7, 11) is 0. The average Bonchev–Trinajstić information content (AvgIpc) is 3.42. The van der Waals surface area contributed by atoms with Crippen LogP contribution < -0.4 is 5.56 Å². The van der Waals surface area contributed by atoms with Crippen LogP contribution in [-0.2, 0) is 13.0 Å². The van der Waals surface area contributed by atoms with Gasteiger partial charge in [0.15, 0.2) is 11.0 Å². The maximum atomic E-state index is 13.1. The Hall–Kier alpha value is -2.68. The molecule has 9 heteroatoms. The van der Waals surface area contributed by atoms with E-state index in [1.54, 1.807) is 4.57 Å². The number of aryl methyl sites for hydroxylation is 2. The highest BCUT2D eigenvalue weighted by Gasteiger charge is 2.21. The Morgan fingerprint density at radius 3 is 2.71 bits per heavy atom. The van der Waals surface area contributed by atoms with Gasteiger partial charge < -0.3 is 4.52 Å². The van der Waals surface area contributed by atoms with Gasteiger partial charge in [0.25, 0.3) is 5.56 Å². The third-order valence-electron chi connectivity index (χ3n) is 5.33. The van der Waals surface area contributed by atoms with Crippen molar-refractivity contribution in [2.24, 2.45) is 0 Å². The molecule has 8 nitrogen and oxygen atoms in total. The number of thioether (sulfide) groups is 1. The maximum Gasteiger partial charge on any atom is 0.262 e. The van der Waals surface area contributed by atoms with Crippen molar-refractivity contribution in [2.45, 2.75) is 76.2 Å². The van der Waals surface area contributed by atoms with E-state index >= 15 is 0 Å². The molecule has 4 aromatic rings. The van der Waals surface area contributed by atoms with E-state index in [-0.39, 0.29) is 10.8 Å². The summed E-state index contributed by atoms with van der Waals surface area (Å²) in [6, 6.07) is 7.62. The van der Waals surface area contributed by atoms with E-state index in [2.05, 4.69) is 34.2 Å². The molecule has 31 heavy (non-hydrogen) atoms. The Labute approximate surface area is 185 Å². The minimum absolute atomic E-state index is 0.0198. The van der Waals surface area contributed by atoms with E-state index in [0.717, 1.165) is 49.9 Å². The summed E-state index contributed by atoms with van der Waals surface area (Å²) in [5.74, 6) is 1.89. The van der Waals surface area contributed by atoms with Gasteiger partial charge in [0, 0.05) is 13.0 Å². The van der Waals surface area contributed by atoms with Gasteiger partial charge in [-0.15, -0.1) is 10.2 Å². The molecule has 0 radical (unpaired) electrons. The summed E-state index contributed by atoms with van der Waals surface area (Å²) in [4.78, 5) is 17.7. The average molecular weight is 441 g/mol. The molecule has 0 spiro atoms. The first kappa shape index (κ1) is 21.5. The van der Waals surface area contributed by atoms with Crippen LogP contribution in [0.5, 0.6) is 0 Å². The van der Waals surface area contributed by atoms with E-state index in [0.29, 0.717) is 28.8 Å². The number of rotatable bonds is 10. The largest absolute Gasteiger partial charge is 0.338 e. The van der Waals surface area contributed by atoms with E-state index in [4.69, 9.17) is 4.52 Å². The molecule has 0 saturated carbocycles. The van der Waals surface area contributed by atoms with Gasteiger partial charge in [-0.1, -0.05) is 62.2 Å². The molecular formula is C22H28N6O2S. The topological polar surface area (TPSA) is 91.1 Å². The molecule has 0 saturated heterocycles. The van der Waals surface area contributed by atoms with Crippen LogP contribution in [0.25, 0.3) is 16.7 Å². The molecule has 0 bridgehead atoms. The smallest absolute Gasteiger partial charge is 0.262 e. The zero-order valence-corrected chi connectivity index (χ0v) is 19.1. The Kier molecular flexibility index (Phi) is 6.70. The van der Waals surface area contributed by atoms with E-state index in [1.807, 2.05) is 35.6 Å². The molecule has 1 aromatic carbocycles. The second-order valence-corrected chi connectivity index (χ2v) is 9.02. The lowest BCUT2D eigenvalue weighted by Crippen LogP contribution is -2.23. The van der Waals surface area contributed by atoms with E-state index in [9.17, 15) is 4.79 Å². The maximum absolute atomic E-state index is 13.1. The molecule has 3 heterocycles. The molecule has 4 rings (SSSR count). The van der Waals surface area contributed by atoms with Crippen molar-refractivity contribution >= 4 is 28.4 Å². The summed E-state index contributed by atoms with van der Waals surface area (Å²) < 4.78 is 9.20. The third kappa shape index (κ3) is 4.37. The SMILES string of the molecule is CCCCCn1c(=O)c2ccccc2n2c(S[C@@H](C)c3nc(CCCC)no3)nnc12. The van der Waals surface area contributed by atoms with Crippen LogP contribution in [0.4, 0.5) is 0 Å². The summed E-state index contributed by atoms with van der Waals surface area (Å²) in [6.45, 7) is 6.94. The summed E-state index contributed by atoms with van der Waals surface area (Å²) in [5.41, 5.74) is 0.789. The third-order valence-corrected chi connectivity index (χ3v) is 6.36. The first-order chi connectivity index (χ1) is 15.1. The molecule has 164 valence electrons. The molecule has 0 aliphatic rings. The highest BCUT2D eigenvalue weighted by molar-refractivity contribution is 7.99. The van der Waals surface area contributed by atoms with Crippen molar-refractivity contribution < 1.29 is 4.52 Å². The lowest BCUT2D eigenvalue weighted by atomic mass is 10.2. The van der Waals surface area contributed by atoms with Crippen molar-refractivity contribution in [3.8, 4) is 0 Å². The fraction of sp³-hybridized carbons (Fsp3) is 0.500. The predicted octanol–water partition coefficient (Wildman–Crippen LogP) is 4.81. The van der Waals surface area contributed by atoms with Crippen LogP contribution >= 0.6 is 11.8 Å². The van der Waals surface area contributed by atoms with Gasteiger partial charge in [0.05, 0.1) is 16.2 Å². The first-order valence-electron chi connectivity index (χ1n) is 11.0. The number of aromatic nitrogens is 6. The summed E-state index contributed by atoms with van der Waals surface area (Å²) in [5, 5.41) is 14.2. The van der Waals surface area contributed by atoms with Gasteiger partial charge in [-0.05, 0) is 31.9 Å². The van der Waals surface area contributed by atoms with Crippen molar-refractivity contribution in [2.75, 3.05) is 0 Å². The van der Waals surface area contributed by atoms with Crippen LogP contribution in [-0.4, -0.2) is 29.3 Å². The number of hydrogen-bond donors (Lipinski definition) is 0. The van der Waals surface area contributed by atoms with E-state index in [1.165, 1.54) is 11.8 Å². The molecule has 3 aromatic heterocycles. The number of fused-ring (bicyclic) bond motifs is 3. The quantitative estimate of drug-likeness (QED) is 0.258. The Morgan fingerprint density at radius 2 is 1.90 bits per heavy atom. The van der Waals surface area contributed by atoms with Gasteiger partial charge in [0.1, 0.15) is 0 Å². The van der Waals surface area contributed by atoms with Crippen LogP contribution in [0.3, 0.4) is 0 Å². The second-order valence-electron chi connectivity index (χ2n) is 7.71. The first-order valence-corrected chi connectivity index (χ1v) is 11.9. The number of benzene rings is 1. The van der Waals surface area contributed by atoms with Crippen LogP contribution in [0, 0.1) is 0 Å². The lowest BCUT2D eigenvalue weighted by molar-refractivity contribution is 0.374. The molecule has 0 aliphatic heterocycles. The Morgan fingerprint density at radius 1 is 1.10 bits per heavy atom. The van der Waals surface area contributed by atoms with Gasteiger partial charge in [0.2, 0.25) is 11.7 Å². The number of nitrogens with zero attached hydrogens (tertiary/aromatic N) is 6. The zero-order chi connectivity index (χ0) is 21.8. The predicted molar refractivity (Wildman–Crippen MR) is 121 cm³/mol. The Bertz CT molecular complexity index is 1230. The molecule has 0 unspecified atom stereocenters. The normalized spacial score (nSPS) is 12.7. The van der Waals surface area contributed by atoms with Gasteiger partial charge in [-0.2, -0.15) is 4.98 Å². The molecule has 1 atom stereocenters. The van der Waals surface area contributed by atoms with E-state index < -0.39 is 0 Å². The molecule has 0 N–H and O–H groups in total. The minimum Gasteiger partial charge on any atom is -0.338 e. The standard InChI is InChI=1S/C22H28N6O2S/c1-4-6-10-14-27-20(29)16-11-8-9-12-17(16)28-21(27)24-25-22(28)31-15(3)19-23-18(26-30-19)13-7-5-2/h8-9,11-12,15H,4-7,10,13-14H2,1-3H3/t15-/m0/s1. The summed E-state index contributed by atoms with van der Waals surface area (Å²) >= 11 is 1.51. The van der Waals surface area contributed by atoms with Crippen LogP contribution in [0.1, 0.15) is 69.8 Å². The van der Waals surface area contributed by atoms with Crippen molar-refractivity contribution in [3.05, 3.63) is 46.3 Å². The molecular weight excluding hydrogens is 412 g/mol. The highest BCUT2D eigenvalue weighted by atomic mass is 32.2. The van der Waals surface area contributed by atoms with Crippen molar-refractivity contribution in [1.29, 1.82) is 0 Å². The Balaban J connectivity index is 1.72. The lowest BCUT2D eigenvalue weighted by Gasteiger charge is -2.11. The number of para-hydroxylation sites is 1. The highest BCUT2D eigenvalue weighted by Crippen LogP contribution is 2.34.